The van der Waals surface area contributed by atoms with Gasteiger partial charge in [-0.3, -0.25) is 4.79 Å². The van der Waals surface area contributed by atoms with Crippen LogP contribution in [-0.2, 0) is 6.54 Å². The van der Waals surface area contributed by atoms with Gasteiger partial charge in [0.05, 0.1) is 7.11 Å². The Labute approximate surface area is 162 Å². The number of nitrogens with one attached hydrogen (secondary N) is 2. The standard InChI is InChI=1S/C20H19ClN4O2/c1-13-23-18(20(26)22-12-14-3-5-15(21)6-4-14)11-19(24-13)25-16-7-9-17(27-2)10-8-16/h3-11H,12H2,1-2H3,(H,22,26)(H,23,24,25). The van der Waals surface area contributed by atoms with Crippen molar-refractivity contribution in [2.75, 3.05) is 12.4 Å². The number of methoxy groups -OCH3 is 1. The van der Waals surface area contributed by atoms with Gasteiger partial charge in [-0.15, -0.1) is 0 Å². The van der Waals surface area contributed by atoms with E-state index in [2.05, 4.69) is 20.6 Å². The molecular weight excluding hydrogens is 364 g/mol. The van der Waals surface area contributed by atoms with Crippen molar-refractivity contribution >= 4 is 29.0 Å². The number of halogens is 1. The molecule has 7 heteroatoms. The molecule has 1 aromatic heterocycles. The first-order chi connectivity index (χ1) is 13.0. The summed E-state index contributed by atoms with van der Waals surface area (Å²) in [5, 5.41) is 6.68. The van der Waals surface area contributed by atoms with Gasteiger partial charge < -0.3 is 15.4 Å². The van der Waals surface area contributed by atoms with Gasteiger partial charge in [0, 0.05) is 23.3 Å². The summed E-state index contributed by atoms with van der Waals surface area (Å²) in [5.74, 6) is 1.55. The number of amides is 1. The second-order valence-electron chi connectivity index (χ2n) is 5.85. The van der Waals surface area contributed by atoms with Crippen LogP contribution in [0.25, 0.3) is 0 Å². The highest BCUT2D eigenvalue weighted by Crippen LogP contribution is 2.19. The summed E-state index contributed by atoms with van der Waals surface area (Å²) >= 11 is 5.87. The smallest absolute Gasteiger partial charge is 0.270 e. The van der Waals surface area contributed by atoms with Crippen LogP contribution in [0, 0.1) is 6.92 Å². The van der Waals surface area contributed by atoms with Crippen molar-refractivity contribution in [3.05, 3.63) is 76.7 Å². The number of benzene rings is 2. The van der Waals surface area contributed by atoms with Gasteiger partial charge in [0.25, 0.3) is 5.91 Å². The number of hydrogen-bond donors (Lipinski definition) is 2. The molecule has 2 N–H and O–H groups in total. The summed E-state index contributed by atoms with van der Waals surface area (Å²) in [7, 11) is 1.62. The first-order valence-corrected chi connectivity index (χ1v) is 8.71. The Morgan fingerprint density at radius 3 is 2.44 bits per heavy atom. The number of nitrogens with zero attached hydrogens (tertiary/aromatic N) is 2. The number of ether oxygens (including phenoxy) is 1. The molecule has 27 heavy (non-hydrogen) atoms. The first kappa shape index (κ1) is 18.7. The largest absolute Gasteiger partial charge is 0.497 e. The van der Waals surface area contributed by atoms with Crippen LogP contribution in [0.5, 0.6) is 5.75 Å². The van der Waals surface area contributed by atoms with Gasteiger partial charge in [0.2, 0.25) is 0 Å². The summed E-state index contributed by atoms with van der Waals surface area (Å²) in [6.07, 6.45) is 0. The fraction of sp³-hybridized carbons (Fsp3) is 0.150. The van der Waals surface area contributed by atoms with E-state index < -0.39 is 0 Å². The molecule has 0 saturated carbocycles. The molecule has 0 aliphatic rings. The number of carbonyl (C=O) groups excluding carboxylic acids is 1. The van der Waals surface area contributed by atoms with Crippen molar-refractivity contribution in [2.24, 2.45) is 0 Å². The van der Waals surface area contributed by atoms with E-state index in [1.807, 2.05) is 36.4 Å². The number of aryl methyl sites for hydroxylation is 1. The summed E-state index contributed by atoms with van der Waals surface area (Å²) in [4.78, 5) is 21.0. The minimum atomic E-state index is -0.270. The van der Waals surface area contributed by atoms with E-state index >= 15 is 0 Å². The van der Waals surface area contributed by atoms with Crippen molar-refractivity contribution in [3.63, 3.8) is 0 Å². The average Bonchev–Trinajstić information content (AvgIpc) is 2.67. The Morgan fingerprint density at radius 2 is 1.78 bits per heavy atom. The lowest BCUT2D eigenvalue weighted by molar-refractivity contribution is 0.0945. The third-order valence-electron chi connectivity index (χ3n) is 3.80. The number of carbonyl (C=O) groups is 1. The topological polar surface area (TPSA) is 76.1 Å². The summed E-state index contributed by atoms with van der Waals surface area (Å²) in [6.45, 7) is 2.13. The molecule has 1 amide bonds. The van der Waals surface area contributed by atoms with E-state index in [-0.39, 0.29) is 5.91 Å². The molecule has 0 fully saturated rings. The first-order valence-electron chi connectivity index (χ1n) is 8.33. The van der Waals surface area contributed by atoms with Crippen LogP contribution < -0.4 is 15.4 Å². The zero-order chi connectivity index (χ0) is 19.2. The van der Waals surface area contributed by atoms with Crippen LogP contribution in [-0.4, -0.2) is 23.0 Å². The third kappa shape index (κ3) is 5.18. The van der Waals surface area contributed by atoms with Crippen molar-refractivity contribution in [1.29, 1.82) is 0 Å². The summed E-state index contributed by atoms with van der Waals surface area (Å²) < 4.78 is 5.15. The number of anilines is 2. The molecule has 0 aliphatic carbocycles. The maximum atomic E-state index is 12.5. The van der Waals surface area contributed by atoms with Crippen LogP contribution in [0.15, 0.2) is 54.6 Å². The van der Waals surface area contributed by atoms with Crippen LogP contribution in [0.4, 0.5) is 11.5 Å². The van der Waals surface area contributed by atoms with E-state index in [4.69, 9.17) is 16.3 Å². The molecule has 3 aromatic rings. The molecular formula is C20H19ClN4O2. The average molecular weight is 383 g/mol. The molecule has 0 spiro atoms. The zero-order valence-electron chi connectivity index (χ0n) is 15.0. The van der Waals surface area contributed by atoms with E-state index in [9.17, 15) is 4.79 Å². The highest BCUT2D eigenvalue weighted by molar-refractivity contribution is 6.30. The van der Waals surface area contributed by atoms with Crippen molar-refractivity contribution in [3.8, 4) is 5.75 Å². The molecule has 0 aliphatic heterocycles. The minimum Gasteiger partial charge on any atom is -0.497 e. The lowest BCUT2D eigenvalue weighted by Crippen LogP contribution is -2.24. The van der Waals surface area contributed by atoms with Gasteiger partial charge in [-0.25, -0.2) is 9.97 Å². The predicted octanol–water partition coefficient (Wildman–Crippen LogP) is 4.12. The second-order valence-corrected chi connectivity index (χ2v) is 6.28. The number of aromatic nitrogens is 2. The Bertz CT molecular complexity index is 928. The number of hydrogen-bond acceptors (Lipinski definition) is 5. The van der Waals surface area contributed by atoms with E-state index in [0.29, 0.717) is 28.9 Å². The SMILES string of the molecule is COc1ccc(Nc2cc(C(=O)NCc3ccc(Cl)cc3)nc(C)n2)cc1. The van der Waals surface area contributed by atoms with Gasteiger partial charge in [-0.1, -0.05) is 23.7 Å². The van der Waals surface area contributed by atoms with Gasteiger partial charge in [-0.2, -0.15) is 0 Å². The maximum Gasteiger partial charge on any atom is 0.270 e. The van der Waals surface area contributed by atoms with Crippen molar-refractivity contribution in [1.82, 2.24) is 15.3 Å². The van der Waals surface area contributed by atoms with E-state index in [0.717, 1.165) is 17.0 Å². The fourth-order valence-corrected chi connectivity index (χ4v) is 2.57. The molecule has 2 aromatic carbocycles. The fourth-order valence-electron chi connectivity index (χ4n) is 2.45. The number of rotatable bonds is 6. The Morgan fingerprint density at radius 1 is 1.07 bits per heavy atom. The molecule has 0 unspecified atom stereocenters. The lowest BCUT2D eigenvalue weighted by atomic mass is 10.2. The van der Waals surface area contributed by atoms with Crippen molar-refractivity contribution < 1.29 is 9.53 Å². The Hall–Kier alpha value is -3.12. The Balaban J connectivity index is 1.69. The molecule has 0 bridgehead atoms. The maximum absolute atomic E-state index is 12.5. The van der Waals surface area contributed by atoms with Gasteiger partial charge >= 0.3 is 0 Å². The zero-order valence-corrected chi connectivity index (χ0v) is 15.7. The molecule has 1 heterocycles. The van der Waals surface area contributed by atoms with Crippen LogP contribution in [0.2, 0.25) is 5.02 Å². The second kappa shape index (κ2) is 8.51. The summed E-state index contributed by atoms with van der Waals surface area (Å²) in [5.41, 5.74) is 2.09. The van der Waals surface area contributed by atoms with Gasteiger partial charge in [0.15, 0.2) is 0 Å². The van der Waals surface area contributed by atoms with Crippen LogP contribution in [0.1, 0.15) is 21.9 Å². The molecule has 3 rings (SSSR count). The molecule has 0 atom stereocenters. The quantitative estimate of drug-likeness (QED) is 0.670. The predicted molar refractivity (Wildman–Crippen MR) is 106 cm³/mol. The normalized spacial score (nSPS) is 10.3. The van der Waals surface area contributed by atoms with Gasteiger partial charge in [0.1, 0.15) is 23.1 Å². The van der Waals surface area contributed by atoms with Gasteiger partial charge in [-0.05, 0) is 48.9 Å². The molecule has 138 valence electrons. The lowest BCUT2D eigenvalue weighted by Gasteiger charge is -2.10. The third-order valence-corrected chi connectivity index (χ3v) is 4.05. The molecule has 0 saturated heterocycles. The monoisotopic (exact) mass is 382 g/mol. The summed E-state index contributed by atoms with van der Waals surface area (Å²) in [6, 6.07) is 16.4. The highest BCUT2D eigenvalue weighted by Gasteiger charge is 2.11. The molecule has 6 nitrogen and oxygen atoms in total. The minimum absolute atomic E-state index is 0.270. The van der Waals surface area contributed by atoms with E-state index in [1.165, 1.54) is 0 Å². The van der Waals surface area contributed by atoms with Crippen LogP contribution >= 0.6 is 11.6 Å². The molecule has 0 radical (unpaired) electrons. The highest BCUT2D eigenvalue weighted by atomic mass is 35.5. The van der Waals surface area contributed by atoms with E-state index in [1.54, 1.807) is 32.2 Å². The Kier molecular flexibility index (Phi) is 5.88. The van der Waals surface area contributed by atoms with Crippen LogP contribution in [0.3, 0.4) is 0 Å². The van der Waals surface area contributed by atoms with Crippen molar-refractivity contribution in [2.45, 2.75) is 13.5 Å².